The number of halogens is 1. The summed E-state index contributed by atoms with van der Waals surface area (Å²) in [7, 11) is 2.25. The highest BCUT2D eigenvalue weighted by Gasteiger charge is 2.50. The SMILES string of the molecule is CN(Cc1cccc(Br)c1)C1(CN)CCN2CCCC21. The van der Waals surface area contributed by atoms with Crippen LogP contribution in [-0.4, -0.2) is 48.1 Å². The number of rotatable bonds is 4. The quantitative estimate of drug-likeness (QED) is 0.915. The molecule has 0 aliphatic carbocycles. The van der Waals surface area contributed by atoms with E-state index in [9.17, 15) is 0 Å². The van der Waals surface area contributed by atoms with E-state index < -0.39 is 0 Å². The van der Waals surface area contributed by atoms with Crippen molar-refractivity contribution >= 4 is 15.9 Å². The van der Waals surface area contributed by atoms with Crippen molar-refractivity contribution in [1.29, 1.82) is 0 Å². The molecule has 0 saturated carbocycles. The largest absolute Gasteiger partial charge is 0.329 e. The second kappa shape index (κ2) is 5.76. The lowest BCUT2D eigenvalue weighted by Gasteiger charge is -2.42. The molecule has 3 rings (SSSR count). The van der Waals surface area contributed by atoms with Crippen molar-refractivity contribution in [2.24, 2.45) is 5.73 Å². The topological polar surface area (TPSA) is 32.5 Å². The molecule has 1 aromatic carbocycles. The lowest BCUT2D eigenvalue weighted by molar-refractivity contribution is 0.0841. The van der Waals surface area contributed by atoms with E-state index in [0.717, 1.165) is 17.6 Å². The summed E-state index contributed by atoms with van der Waals surface area (Å²) in [6, 6.07) is 9.26. The minimum Gasteiger partial charge on any atom is -0.329 e. The molecule has 2 N–H and O–H groups in total. The molecule has 2 saturated heterocycles. The lowest BCUT2D eigenvalue weighted by atomic mass is 9.86. The molecule has 1 aromatic rings. The van der Waals surface area contributed by atoms with Gasteiger partial charge in [-0.2, -0.15) is 0 Å². The molecular formula is C16H24BrN3. The van der Waals surface area contributed by atoms with Crippen LogP contribution in [0.1, 0.15) is 24.8 Å². The van der Waals surface area contributed by atoms with Gasteiger partial charge in [-0.1, -0.05) is 28.1 Å². The van der Waals surface area contributed by atoms with Crippen LogP contribution in [0.5, 0.6) is 0 Å². The Bertz CT molecular complexity index is 479. The van der Waals surface area contributed by atoms with Gasteiger partial charge in [0.25, 0.3) is 0 Å². The molecule has 3 nitrogen and oxygen atoms in total. The normalized spacial score (nSPS) is 30.1. The monoisotopic (exact) mass is 337 g/mol. The van der Waals surface area contributed by atoms with E-state index in [0.29, 0.717) is 6.04 Å². The molecule has 0 aromatic heterocycles. The van der Waals surface area contributed by atoms with Gasteiger partial charge in [-0.25, -0.2) is 0 Å². The number of hydrogen-bond donors (Lipinski definition) is 1. The smallest absolute Gasteiger partial charge is 0.0499 e. The van der Waals surface area contributed by atoms with E-state index >= 15 is 0 Å². The van der Waals surface area contributed by atoms with Crippen molar-refractivity contribution in [2.45, 2.75) is 37.4 Å². The molecule has 0 spiro atoms. The maximum Gasteiger partial charge on any atom is 0.0499 e. The maximum absolute atomic E-state index is 6.23. The molecule has 2 atom stereocenters. The van der Waals surface area contributed by atoms with E-state index in [4.69, 9.17) is 5.73 Å². The Morgan fingerprint density at radius 2 is 2.30 bits per heavy atom. The summed E-state index contributed by atoms with van der Waals surface area (Å²) in [6.07, 6.45) is 3.84. The number of fused-ring (bicyclic) bond motifs is 1. The molecule has 2 fully saturated rings. The van der Waals surface area contributed by atoms with Crippen LogP contribution in [0.25, 0.3) is 0 Å². The number of nitrogens with zero attached hydrogens (tertiary/aromatic N) is 2. The van der Waals surface area contributed by atoms with Crippen molar-refractivity contribution in [1.82, 2.24) is 9.80 Å². The summed E-state index contributed by atoms with van der Waals surface area (Å²) in [6.45, 7) is 4.21. The first-order valence-corrected chi connectivity index (χ1v) is 8.35. The van der Waals surface area contributed by atoms with Crippen molar-refractivity contribution in [3.63, 3.8) is 0 Å². The minimum absolute atomic E-state index is 0.165. The molecule has 0 radical (unpaired) electrons. The van der Waals surface area contributed by atoms with Gasteiger partial charge >= 0.3 is 0 Å². The van der Waals surface area contributed by atoms with Gasteiger partial charge in [-0.05, 0) is 50.6 Å². The van der Waals surface area contributed by atoms with Crippen LogP contribution in [0.3, 0.4) is 0 Å². The van der Waals surface area contributed by atoms with Gasteiger partial charge in [0.15, 0.2) is 0 Å². The third kappa shape index (κ3) is 2.43. The summed E-state index contributed by atoms with van der Waals surface area (Å²) < 4.78 is 1.15. The Balaban J connectivity index is 1.79. The summed E-state index contributed by atoms with van der Waals surface area (Å²) in [5, 5.41) is 0. The van der Waals surface area contributed by atoms with Crippen LogP contribution in [0.15, 0.2) is 28.7 Å². The highest BCUT2D eigenvalue weighted by molar-refractivity contribution is 9.10. The van der Waals surface area contributed by atoms with E-state index in [1.54, 1.807) is 0 Å². The molecular weight excluding hydrogens is 314 g/mol. The Morgan fingerprint density at radius 1 is 1.45 bits per heavy atom. The maximum atomic E-state index is 6.23. The summed E-state index contributed by atoms with van der Waals surface area (Å²) >= 11 is 3.56. The zero-order chi connectivity index (χ0) is 14.2. The van der Waals surface area contributed by atoms with Crippen molar-refractivity contribution in [3.8, 4) is 0 Å². The average molecular weight is 338 g/mol. The highest BCUT2D eigenvalue weighted by atomic mass is 79.9. The first-order chi connectivity index (χ1) is 9.65. The Labute approximate surface area is 130 Å². The van der Waals surface area contributed by atoms with Gasteiger partial charge in [0.05, 0.1) is 0 Å². The zero-order valence-electron chi connectivity index (χ0n) is 12.2. The zero-order valence-corrected chi connectivity index (χ0v) is 13.8. The van der Waals surface area contributed by atoms with Crippen LogP contribution in [0.4, 0.5) is 0 Å². The Hall–Kier alpha value is -0.420. The van der Waals surface area contributed by atoms with Gasteiger partial charge in [0.2, 0.25) is 0 Å². The fourth-order valence-electron chi connectivity index (χ4n) is 4.11. The minimum atomic E-state index is 0.165. The number of hydrogen-bond acceptors (Lipinski definition) is 3. The summed E-state index contributed by atoms with van der Waals surface area (Å²) in [5.74, 6) is 0. The van der Waals surface area contributed by atoms with Crippen LogP contribution in [0, 0.1) is 0 Å². The van der Waals surface area contributed by atoms with E-state index in [-0.39, 0.29) is 5.54 Å². The summed E-state index contributed by atoms with van der Waals surface area (Å²) in [5.41, 5.74) is 7.75. The van der Waals surface area contributed by atoms with Gasteiger partial charge < -0.3 is 5.73 Å². The predicted octanol–water partition coefficient (Wildman–Crippen LogP) is 2.45. The van der Waals surface area contributed by atoms with Gasteiger partial charge in [-0.15, -0.1) is 0 Å². The van der Waals surface area contributed by atoms with Crippen molar-refractivity contribution < 1.29 is 0 Å². The van der Waals surface area contributed by atoms with Gasteiger partial charge in [0, 0.05) is 35.7 Å². The van der Waals surface area contributed by atoms with Crippen molar-refractivity contribution in [3.05, 3.63) is 34.3 Å². The van der Waals surface area contributed by atoms with Crippen LogP contribution >= 0.6 is 15.9 Å². The van der Waals surface area contributed by atoms with Crippen LogP contribution in [-0.2, 0) is 6.54 Å². The van der Waals surface area contributed by atoms with Crippen LogP contribution < -0.4 is 5.73 Å². The first kappa shape index (κ1) is 14.5. The van der Waals surface area contributed by atoms with Gasteiger partial charge in [0.1, 0.15) is 0 Å². The van der Waals surface area contributed by atoms with Crippen molar-refractivity contribution in [2.75, 3.05) is 26.7 Å². The molecule has 4 heteroatoms. The standard InChI is InChI=1S/C16H24BrN3/c1-19(11-13-4-2-5-14(17)10-13)16(12-18)7-9-20-8-3-6-15(16)20/h2,4-5,10,15H,3,6-9,11-12,18H2,1H3. The number of nitrogens with two attached hydrogens (primary N) is 1. The molecule has 2 aliphatic rings. The number of likely N-dealkylation sites (N-methyl/N-ethyl adjacent to an activating group) is 1. The Morgan fingerprint density at radius 3 is 3.05 bits per heavy atom. The highest BCUT2D eigenvalue weighted by Crippen LogP contribution is 2.39. The molecule has 20 heavy (non-hydrogen) atoms. The molecule has 2 aliphatic heterocycles. The van der Waals surface area contributed by atoms with E-state index in [1.165, 1.54) is 37.9 Å². The van der Waals surface area contributed by atoms with Gasteiger partial charge in [-0.3, -0.25) is 9.80 Å². The van der Waals surface area contributed by atoms with E-state index in [2.05, 4.69) is 57.0 Å². The second-order valence-corrected chi connectivity index (χ2v) is 7.15. The lowest BCUT2D eigenvalue weighted by Crippen LogP contribution is -2.58. The first-order valence-electron chi connectivity index (χ1n) is 7.55. The van der Waals surface area contributed by atoms with E-state index in [1.807, 2.05) is 0 Å². The predicted molar refractivity (Wildman–Crippen MR) is 86.6 cm³/mol. The van der Waals surface area contributed by atoms with Crippen LogP contribution in [0.2, 0.25) is 0 Å². The third-order valence-corrected chi connectivity index (χ3v) is 5.73. The Kier molecular flexibility index (Phi) is 4.18. The molecule has 2 unspecified atom stereocenters. The average Bonchev–Trinajstić information content (AvgIpc) is 3.00. The third-order valence-electron chi connectivity index (χ3n) is 5.24. The fourth-order valence-corrected chi connectivity index (χ4v) is 4.56. The fraction of sp³-hybridized carbons (Fsp3) is 0.625. The second-order valence-electron chi connectivity index (χ2n) is 6.24. The molecule has 110 valence electrons. The summed E-state index contributed by atoms with van der Waals surface area (Å²) in [4.78, 5) is 5.15. The number of benzene rings is 1. The molecule has 0 bridgehead atoms. The molecule has 2 heterocycles. The molecule has 0 amide bonds.